The first-order valence-corrected chi connectivity index (χ1v) is 8.50. The first-order valence-electron chi connectivity index (χ1n) is 8.12. The van der Waals surface area contributed by atoms with E-state index in [0.717, 1.165) is 22.5 Å². The van der Waals surface area contributed by atoms with Gasteiger partial charge in [0, 0.05) is 22.3 Å². The lowest BCUT2D eigenvalue weighted by Gasteiger charge is -2.07. The van der Waals surface area contributed by atoms with Gasteiger partial charge in [-0.2, -0.15) is 5.10 Å². The lowest BCUT2D eigenvalue weighted by atomic mass is 10.1. The topological polar surface area (TPSA) is 44.1 Å². The number of aromatic nitrogens is 2. The first kappa shape index (κ1) is 17.2. The molecule has 128 valence electrons. The van der Waals surface area contributed by atoms with Crippen LogP contribution in [0.1, 0.15) is 19.4 Å². The number of ether oxygens (including phenoxy) is 1. The summed E-state index contributed by atoms with van der Waals surface area (Å²) in [5.74, 6) is -0.266. The minimum Gasteiger partial charge on any atom is -0.463 e. The normalized spacial score (nSPS) is 10.9. The molecular weight excluding hydrogens is 336 g/mol. The van der Waals surface area contributed by atoms with E-state index < -0.39 is 0 Å². The van der Waals surface area contributed by atoms with Gasteiger partial charge in [-0.25, -0.2) is 4.68 Å². The van der Waals surface area contributed by atoms with Gasteiger partial charge in [-0.3, -0.25) is 4.79 Å². The van der Waals surface area contributed by atoms with Crippen molar-refractivity contribution in [3.8, 4) is 16.9 Å². The van der Waals surface area contributed by atoms with Gasteiger partial charge < -0.3 is 4.74 Å². The molecule has 4 nitrogen and oxygen atoms in total. The molecule has 0 aliphatic rings. The first-order chi connectivity index (χ1) is 12.0. The van der Waals surface area contributed by atoms with Gasteiger partial charge in [-0.1, -0.05) is 41.9 Å². The Morgan fingerprint density at radius 3 is 2.44 bits per heavy atom. The lowest BCUT2D eigenvalue weighted by molar-refractivity contribution is -0.146. The van der Waals surface area contributed by atoms with Crippen molar-refractivity contribution in [1.29, 1.82) is 0 Å². The molecule has 0 spiro atoms. The van der Waals surface area contributed by atoms with Crippen LogP contribution in [0.25, 0.3) is 16.9 Å². The van der Waals surface area contributed by atoms with E-state index in [1.807, 2.05) is 74.6 Å². The fraction of sp³-hybridized carbons (Fsp3) is 0.200. The number of esters is 1. The molecule has 0 amide bonds. The van der Waals surface area contributed by atoms with Crippen LogP contribution in [-0.2, 0) is 16.0 Å². The third kappa shape index (κ3) is 4.28. The van der Waals surface area contributed by atoms with Crippen molar-refractivity contribution < 1.29 is 9.53 Å². The molecule has 0 unspecified atom stereocenters. The van der Waals surface area contributed by atoms with Crippen molar-refractivity contribution in [2.45, 2.75) is 26.4 Å². The quantitative estimate of drug-likeness (QED) is 0.624. The van der Waals surface area contributed by atoms with E-state index in [4.69, 9.17) is 16.3 Å². The number of hydrogen-bond donors (Lipinski definition) is 0. The van der Waals surface area contributed by atoms with Crippen molar-refractivity contribution in [3.05, 3.63) is 71.4 Å². The van der Waals surface area contributed by atoms with E-state index in [1.54, 1.807) is 4.68 Å². The van der Waals surface area contributed by atoms with Gasteiger partial charge >= 0.3 is 5.97 Å². The van der Waals surface area contributed by atoms with Crippen molar-refractivity contribution >= 4 is 17.6 Å². The van der Waals surface area contributed by atoms with Gasteiger partial charge in [0.2, 0.25) is 0 Å². The second kappa shape index (κ2) is 7.53. The van der Waals surface area contributed by atoms with Crippen LogP contribution in [0.15, 0.2) is 60.8 Å². The van der Waals surface area contributed by atoms with Crippen LogP contribution in [0, 0.1) is 0 Å². The van der Waals surface area contributed by atoms with E-state index in [0.29, 0.717) is 5.02 Å². The summed E-state index contributed by atoms with van der Waals surface area (Å²) < 4.78 is 7.06. The fourth-order valence-corrected chi connectivity index (χ4v) is 2.69. The zero-order chi connectivity index (χ0) is 17.8. The number of carbonyl (C=O) groups excluding carboxylic acids is 1. The van der Waals surface area contributed by atoms with E-state index in [-0.39, 0.29) is 18.5 Å². The monoisotopic (exact) mass is 354 g/mol. The van der Waals surface area contributed by atoms with E-state index in [2.05, 4.69) is 5.10 Å². The molecule has 5 heteroatoms. The zero-order valence-corrected chi connectivity index (χ0v) is 14.9. The molecule has 2 aromatic carbocycles. The molecule has 0 atom stereocenters. The average Bonchev–Trinajstić information content (AvgIpc) is 2.99. The van der Waals surface area contributed by atoms with Crippen molar-refractivity contribution in [1.82, 2.24) is 9.78 Å². The molecule has 0 fully saturated rings. The Hall–Kier alpha value is -2.59. The highest BCUT2D eigenvalue weighted by Crippen LogP contribution is 2.26. The number of halogens is 1. The summed E-state index contributed by atoms with van der Waals surface area (Å²) in [4.78, 5) is 12.1. The summed E-state index contributed by atoms with van der Waals surface area (Å²) in [5, 5.41) is 5.34. The summed E-state index contributed by atoms with van der Waals surface area (Å²) >= 11 is 5.98. The second-order valence-electron chi connectivity index (χ2n) is 6.01. The van der Waals surface area contributed by atoms with Crippen LogP contribution in [0.2, 0.25) is 5.02 Å². The van der Waals surface area contributed by atoms with Crippen LogP contribution < -0.4 is 0 Å². The second-order valence-corrected chi connectivity index (χ2v) is 6.44. The molecule has 25 heavy (non-hydrogen) atoms. The third-order valence-corrected chi connectivity index (χ3v) is 3.88. The number of carbonyl (C=O) groups is 1. The van der Waals surface area contributed by atoms with Gasteiger partial charge in [0.05, 0.1) is 23.9 Å². The predicted octanol–water partition coefficient (Wildman–Crippen LogP) is 4.69. The molecule has 0 saturated heterocycles. The smallest absolute Gasteiger partial charge is 0.310 e. The lowest BCUT2D eigenvalue weighted by Crippen LogP contribution is -2.13. The van der Waals surface area contributed by atoms with Gasteiger partial charge in [-0.15, -0.1) is 0 Å². The van der Waals surface area contributed by atoms with Gasteiger partial charge in [-0.05, 0) is 38.1 Å². The van der Waals surface area contributed by atoms with Crippen LogP contribution in [0.4, 0.5) is 0 Å². The number of rotatable bonds is 5. The van der Waals surface area contributed by atoms with Crippen molar-refractivity contribution in [2.24, 2.45) is 0 Å². The average molecular weight is 355 g/mol. The molecule has 1 aromatic heterocycles. The molecule has 1 heterocycles. The molecule has 0 bridgehead atoms. The Morgan fingerprint density at radius 1 is 1.12 bits per heavy atom. The molecule has 0 N–H and O–H groups in total. The molecule has 0 radical (unpaired) electrons. The standard InChI is InChI=1S/C20H19ClN2O2/c1-14(2)25-19(24)12-16-13-23(18-6-4-3-5-7-18)22-20(16)15-8-10-17(21)11-9-15/h3-11,13-14H,12H2,1-2H3. The van der Waals surface area contributed by atoms with Crippen LogP contribution >= 0.6 is 11.6 Å². The Labute approximate surface area is 152 Å². The Bertz CT molecular complexity index is 855. The van der Waals surface area contributed by atoms with E-state index in [1.165, 1.54) is 0 Å². The minimum atomic E-state index is -0.266. The maximum atomic E-state index is 12.1. The number of benzene rings is 2. The SMILES string of the molecule is CC(C)OC(=O)Cc1cn(-c2ccccc2)nc1-c1ccc(Cl)cc1. The van der Waals surface area contributed by atoms with Gasteiger partial charge in [0.1, 0.15) is 0 Å². The van der Waals surface area contributed by atoms with E-state index in [9.17, 15) is 4.79 Å². The van der Waals surface area contributed by atoms with Gasteiger partial charge in [0.15, 0.2) is 0 Å². The minimum absolute atomic E-state index is 0.143. The number of para-hydroxylation sites is 1. The molecule has 0 aliphatic carbocycles. The maximum Gasteiger partial charge on any atom is 0.310 e. The summed E-state index contributed by atoms with van der Waals surface area (Å²) in [5.41, 5.74) is 3.41. The Morgan fingerprint density at radius 2 is 1.80 bits per heavy atom. The van der Waals surface area contributed by atoms with Crippen molar-refractivity contribution in [3.63, 3.8) is 0 Å². The highest BCUT2D eigenvalue weighted by molar-refractivity contribution is 6.30. The molecular formula is C20H19ClN2O2. The van der Waals surface area contributed by atoms with Crippen molar-refractivity contribution in [2.75, 3.05) is 0 Å². The highest BCUT2D eigenvalue weighted by Gasteiger charge is 2.17. The molecule has 3 rings (SSSR count). The Kier molecular flexibility index (Phi) is 5.19. The zero-order valence-electron chi connectivity index (χ0n) is 14.1. The Balaban J connectivity index is 2.00. The maximum absolute atomic E-state index is 12.1. The van der Waals surface area contributed by atoms with Crippen LogP contribution in [-0.4, -0.2) is 21.9 Å². The highest BCUT2D eigenvalue weighted by atomic mass is 35.5. The number of hydrogen-bond acceptors (Lipinski definition) is 3. The molecule has 0 saturated carbocycles. The summed E-state index contributed by atoms with van der Waals surface area (Å²) in [6.07, 6.45) is 1.90. The third-order valence-electron chi connectivity index (χ3n) is 3.63. The summed E-state index contributed by atoms with van der Waals surface area (Å²) in [7, 11) is 0. The van der Waals surface area contributed by atoms with Gasteiger partial charge in [0.25, 0.3) is 0 Å². The fourth-order valence-electron chi connectivity index (χ4n) is 2.56. The number of nitrogens with zero attached hydrogens (tertiary/aromatic N) is 2. The summed E-state index contributed by atoms with van der Waals surface area (Å²) in [6.45, 7) is 3.68. The van der Waals surface area contributed by atoms with Crippen LogP contribution in [0.3, 0.4) is 0 Å². The largest absolute Gasteiger partial charge is 0.463 e. The summed E-state index contributed by atoms with van der Waals surface area (Å²) in [6, 6.07) is 17.2. The predicted molar refractivity (Wildman–Crippen MR) is 98.9 cm³/mol. The van der Waals surface area contributed by atoms with Crippen LogP contribution in [0.5, 0.6) is 0 Å². The molecule has 0 aliphatic heterocycles. The molecule has 3 aromatic rings. The van der Waals surface area contributed by atoms with E-state index >= 15 is 0 Å².